The molecule has 1 aromatic heterocycles. The number of carbonyl (C=O) groups is 2. The van der Waals surface area contributed by atoms with Crippen molar-refractivity contribution in [1.29, 1.82) is 0 Å². The average Bonchev–Trinajstić information content (AvgIpc) is 2.77. The van der Waals surface area contributed by atoms with Crippen molar-refractivity contribution in [3.05, 3.63) is 86.3 Å². The molecule has 0 spiro atoms. The number of nitrogens with one attached hydrogen (secondary N) is 3. The van der Waals surface area contributed by atoms with Crippen LogP contribution in [0.25, 0.3) is 0 Å². The molecule has 1 heterocycles. The van der Waals surface area contributed by atoms with Gasteiger partial charge in [0.15, 0.2) is 5.03 Å². The third-order valence-corrected chi connectivity index (χ3v) is 4.96. The van der Waals surface area contributed by atoms with Crippen LogP contribution in [0.2, 0.25) is 0 Å². The van der Waals surface area contributed by atoms with E-state index >= 15 is 0 Å². The lowest BCUT2D eigenvalue weighted by atomic mass is 10.2. The molecule has 0 aliphatic rings. The van der Waals surface area contributed by atoms with Crippen molar-refractivity contribution in [2.45, 2.75) is 17.2 Å². The SMILES string of the molecule is CC(Sc1n[nH]c(=O)[nH]c1=O)C(=O)N/N=C/c1ccc(OC(=O)c2ccc(F)cc2)cc1. The average molecular weight is 457 g/mol. The van der Waals surface area contributed by atoms with Gasteiger partial charge >= 0.3 is 11.7 Å². The first-order valence-corrected chi connectivity index (χ1v) is 9.96. The van der Waals surface area contributed by atoms with Crippen LogP contribution in [-0.2, 0) is 4.79 Å². The first kappa shape index (κ1) is 22.6. The van der Waals surface area contributed by atoms with Crippen LogP contribution in [0.4, 0.5) is 4.39 Å². The summed E-state index contributed by atoms with van der Waals surface area (Å²) in [6.45, 7) is 1.55. The molecule has 3 aromatic rings. The number of hydrazone groups is 1. The van der Waals surface area contributed by atoms with Crippen LogP contribution < -0.4 is 21.4 Å². The Morgan fingerprint density at radius 1 is 1.16 bits per heavy atom. The summed E-state index contributed by atoms with van der Waals surface area (Å²) in [4.78, 5) is 48.7. The van der Waals surface area contributed by atoms with E-state index < -0.39 is 34.2 Å². The first-order chi connectivity index (χ1) is 15.3. The highest BCUT2D eigenvalue weighted by molar-refractivity contribution is 8.00. The molecule has 32 heavy (non-hydrogen) atoms. The molecule has 3 N–H and O–H groups in total. The number of aromatic amines is 2. The highest BCUT2D eigenvalue weighted by atomic mass is 32.2. The van der Waals surface area contributed by atoms with E-state index in [0.29, 0.717) is 5.56 Å². The van der Waals surface area contributed by atoms with Gasteiger partial charge < -0.3 is 4.74 Å². The van der Waals surface area contributed by atoms with Gasteiger partial charge in [-0.2, -0.15) is 10.2 Å². The first-order valence-electron chi connectivity index (χ1n) is 9.08. The summed E-state index contributed by atoms with van der Waals surface area (Å²) in [5.74, 6) is -1.28. The Morgan fingerprint density at radius 3 is 2.50 bits per heavy atom. The molecular weight excluding hydrogens is 441 g/mol. The third kappa shape index (κ3) is 6.22. The number of benzene rings is 2. The Hall–Kier alpha value is -4.06. The predicted molar refractivity (Wildman–Crippen MR) is 114 cm³/mol. The highest BCUT2D eigenvalue weighted by Crippen LogP contribution is 2.16. The molecular formula is C20H16FN5O5S. The second-order valence-electron chi connectivity index (χ2n) is 6.27. The number of aromatic nitrogens is 3. The fourth-order valence-corrected chi connectivity index (χ4v) is 3.02. The Labute approximate surface area is 183 Å². The monoisotopic (exact) mass is 457 g/mol. The third-order valence-electron chi connectivity index (χ3n) is 3.90. The van der Waals surface area contributed by atoms with Crippen molar-refractivity contribution >= 4 is 29.9 Å². The molecule has 0 saturated carbocycles. The van der Waals surface area contributed by atoms with E-state index in [1.54, 1.807) is 19.1 Å². The van der Waals surface area contributed by atoms with E-state index in [0.717, 1.165) is 11.8 Å². The molecule has 12 heteroatoms. The fraction of sp³-hybridized carbons (Fsp3) is 0.100. The smallest absolute Gasteiger partial charge is 0.343 e. The molecule has 1 atom stereocenters. The van der Waals surface area contributed by atoms with Gasteiger partial charge in [0, 0.05) is 0 Å². The second-order valence-corrected chi connectivity index (χ2v) is 7.60. The van der Waals surface area contributed by atoms with Gasteiger partial charge in [0.1, 0.15) is 11.6 Å². The zero-order chi connectivity index (χ0) is 23.1. The van der Waals surface area contributed by atoms with Crippen LogP contribution in [0.1, 0.15) is 22.8 Å². The number of rotatable bonds is 7. The largest absolute Gasteiger partial charge is 0.423 e. The maximum Gasteiger partial charge on any atom is 0.343 e. The van der Waals surface area contributed by atoms with Crippen LogP contribution in [-0.4, -0.2) is 38.5 Å². The van der Waals surface area contributed by atoms with Crippen molar-refractivity contribution in [2.75, 3.05) is 0 Å². The van der Waals surface area contributed by atoms with Crippen LogP contribution in [0.15, 0.2) is 68.2 Å². The summed E-state index contributed by atoms with van der Waals surface area (Å²) in [6, 6.07) is 11.3. The minimum absolute atomic E-state index is 0.0537. The highest BCUT2D eigenvalue weighted by Gasteiger charge is 2.17. The van der Waals surface area contributed by atoms with Gasteiger partial charge in [-0.3, -0.25) is 14.6 Å². The van der Waals surface area contributed by atoms with E-state index in [4.69, 9.17) is 4.74 Å². The maximum atomic E-state index is 12.9. The quantitative estimate of drug-likeness (QED) is 0.160. The summed E-state index contributed by atoms with van der Waals surface area (Å²) in [5.41, 5.74) is 1.74. The Morgan fingerprint density at radius 2 is 1.84 bits per heavy atom. The number of hydrogen-bond acceptors (Lipinski definition) is 8. The van der Waals surface area contributed by atoms with Crippen LogP contribution >= 0.6 is 11.8 Å². The molecule has 0 aliphatic carbocycles. The van der Waals surface area contributed by atoms with Crippen LogP contribution in [0.5, 0.6) is 5.75 Å². The van der Waals surface area contributed by atoms with Gasteiger partial charge in [0.25, 0.3) is 11.5 Å². The lowest BCUT2D eigenvalue weighted by molar-refractivity contribution is -0.120. The number of ether oxygens (including phenoxy) is 1. The van der Waals surface area contributed by atoms with Gasteiger partial charge in [-0.05, 0) is 61.0 Å². The minimum Gasteiger partial charge on any atom is -0.423 e. The fourth-order valence-electron chi connectivity index (χ4n) is 2.27. The van der Waals surface area contributed by atoms with Crippen LogP contribution in [0.3, 0.4) is 0 Å². The minimum atomic E-state index is -0.739. The molecule has 164 valence electrons. The summed E-state index contributed by atoms with van der Waals surface area (Å²) in [5, 5.41) is 8.76. The Kier molecular flexibility index (Phi) is 7.29. The number of carbonyl (C=O) groups excluding carboxylic acids is 2. The topological polar surface area (TPSA) is 146 Å². The van der Waals surface area contributed by atoms with E-state index in [-0.39, 0.29) is 16.3 Å². The van der Waals surface area contributed by atoms with Crippen molar-refractivity contribution < 1.29 is 18.7 Å². The molecule has 0 aliphatic heterocycles. The summed E-state index contributed by atoms with van der Waals surface area (Å²) < 4.78 is 18.1. The van der Waals surface area contributed by atoms with Crippen molar-refractivity contribution in [3.63, 3.8) is 0 Å². The summed E-state index contributed by atoms with van der Waals surface area (Å²) in [7, 11) is 0. The molecule has 1 unspecified atom stereocenters. The normalized spacial score (nSPS) is 11.8. The van der Waals surface area contributed by atoms with Gasteiger partial charge in [0.2, 0.25) is 0 Å². The van der Waals surface area contributed by atoms with Gasteiger partial charge in [-0.1, -0.05) is 11.8 Å². The Balaban J connectivity index is 1.52. The van der Waals surface area contributed by atoms with Crippen molar-refractivity contribution in [2.24, 2.45) is 5.10 Å². The van der Waals surface area contributed by atoms with E-state index in [2.05, 4.69) is 20.7 Å². The van der Waals surface area contributed by atoms with E-state index in [9.17, 15) is 23.6 Å². The van der Waals surface area contributed by atoms with E-state index in [1.165, 1.54) is 42.6 Å². The molecule has 2 aromatic carbocycles. The zero-order valence-corrected chi connectivity index (χ0v) is 17.3. The standard InChI is InChI=1S/C20H16FN5O5S/c1-11(32-18-17(28)23-20(30)26-25-18)16(27)24-22-10-12-2-8-15(9-3-12)31-19(29)13-4-6-14(21)7-5-13/h2-11H,1H3,(H,24,27)(H2,23,26,28,30)/b22-10+. The van der Waals surface area contributed by atoms with Gasteiger partial charge in [-0.15, -0.1) is 0 Å². The van der Waals surface area contributed by atoms with Gasteiger partial charge in [0.05, 0.1) is 17.0 Å². The molecule has 1 amide bonds. The van der Waals surface area contributed by atoms with E-state index in [1.807, 2.05) is 4.98 Å². The number of hydrogen-bond donors (Lipinski definition) is 3. The molecule has 0 bridgehead atoms. The summed E-state index contributed by atoms with van der Waals surface area (Å²) >= 11 is 0.860. The van der Waals surface area contributed by atoms with Gasteiger partial charge in [-0.25, -0.2) is 24.5 Å². The lowest BCUT2D eigenvalue weighted by Gasteiger charge is -2.07. The molecule has 0 fully saturated rings. The number of thioether (sulfide) groups is 1. The number of amides is 1. The Bertz CT molecular complexity index is 1250. The number of H-pyrrole nitrogens is 2. The molecule has 10 nitrogen and oxygen atoms in total. The summed E-state index contributed by atoms with van der Waals surface area (Å²) in [6.07, 6.45) is 1.38. The molecule has 0 radical (unpaired) electrons. The van der Waals surface area contributed by atoms with Crippen molar-refractivity contribution in [1.82, 2.24) is 20.6 Å². The molecule has 3 rings (SSSR count). The number of esters is 1. The number of nitrogens with zero attached hydrogens (tertiary/aromatic N) is 2. The lowest BCUT2D eigenvalue weighted by Crippen LogP contribution is -2.30. The maximum absolute atomic E-state index is 12.9. The van der Waals surface area contributed by atoms with Crippen molar-refractivity contribution in [3.8, 4) is 5.75 Å². The zero-order valence-electron chi connectivity index (χ0n) is 16.5. The second kappa shape index (κ2) is 10.3. The number of halogens is 1. The molecule has 0 saturated heterocycles. The predicted octanol–water partition coefficient (Wildman–Crippen LogP) is 1.45. The van der Waals surface area contributed by atoms with Crippen LogP contribution in [0, 0.1) is 5.82 Å².